The van der Waals surface area contributed by atoms with Crippen molar-refractivity contribution in [3.8, 4) is 0 Å². The number of halogens is 1. The van der Waals surface area contributed by atoms with E-state index in [1.807, 2.05) is 0 Å². The fourth-order valence-corrected chi connectivity index (χ4v) is 3.61. The fourth-order valence-electron chi connectivity index (χ4n) is 3.44. The number of nitrogens with one attached hydrogen (secondary N) is 1. The number of carbonyl (C=O) groups is 2. The van der Waals surface area contributed by atoms with E-state index in [1.54, 1.807) is 18.0 Å². The summed E-state index contributed by atoms with van der Waals surface area (Å²) in [6, 6.07) is 1.60. The third-order valence-electron chi connectivity index (χ3n) is 4.63. The number of pyridine rings is 1. The molecular weight excluding hydrogens is 306 g/mol. The van der Waals surface area contributed by atoms with E-state index in [-0.39, 0.29) is 17.7 Å². The fraction of sp³-hybridized carbons (Fsp3) is 0.533. The number of amides is 2. The lowest BCUT2D eigenvalue weighted by Gasteiger charge is -2.36. The number of likely N-dealkylation sites (tertiary alicyclic amines) is 1. The average Bonchev–Trinajstić information content (AvgIpc) is 2.94. The normalized spacial score (nSPS) is 27.4. The summed E-state index contributed by atoms with van der Waals surface area (Å²) in [5, 5.41) is 3.16. The molecule has 3 heterocycles. The quantitative estimate of drug-likeness (QED) is 0.880. The van der Waals surface area contributed by atoms with Gasteiger partial charge in [0.15, 0.2) is 0 Å². The number of fused-ring (bicyclic) bond motifs is 1. The molecule has 3 rings (SSSR count). The smallest absolute Gasteiger partial charge is 0.255 e. The molecule has 2 amide bonds. The van der Waals surface area contributed by atoms with Gasteiger partial charge in [0.05, 0.1) is 22.6 Å². The van der Waals surface area contributed by atoms with E-state index < -0.39 is 5.41 Å². The molecule has 118 valence electrons. The minimum atomic E-state index is -0.547. The molecule has 0 aliphatic carbocycles. The van der Waals surface area contributed by atoms with Gasteiger partial charge < -0.3 is 15.0 Å². The van der Waals surface area contributed by atoms with Crippen molar-refractivity contribution in [2.24, 2.45) is 11.3 Å². The molecular formula is C15H18ClN3O3. The van der Waals surface area contributed by atoms with Gasteiger partial charge in [-0.25, -0.2) is 0 Å². The largest absolute Gasteiger partial charge is 0.381 e. The molecule has 2 aliphatic heterocycles. The van der Waals surface area contributed by atoms with Crippen molar-refractivity contribution < 1.29 is 14.3 Å². The van der Waals surface area contributed by atoms with E-state index >= 15 is 0 Å². The van der Waals surface area contributed by atoms with Crippen LogP contribution >= 0.6 is 11.6 Å². The Bertz CT molecular complexity index is 609. The summed E-state index contributed by atoms with van der Waals surface area (Å²) in [4.78, 5) is 30.7. The number of hydrogen-bond acceptors (Lipinski definition) is 4. The number of carbonyl (C=O) groups excluding carboxylic acids is 2. The first kappa shape index (κ1) is 15.2. The van der Waals surface area contributed by atoms with Crippen LogP contribution in [0, 0.1) is 11.3 Å². The molecule has 2 saturated heterocycles. The van der Waals surface area contributed by atoms with Gasteiger partial charge in [-0.3, -0.25) is 14.6 Å². The van der Waals surface area contributed by atoms with Crippen molar-refractivity contribution in [1.29, 1.82) is 0 Å². The SMILES string of the molecule is CNC(=O)[C@]12CCOC[C@H]1CN(C(=O)c1cncc(Cl)c1)C2. The van der Waals surface area contributed by atoms with Gasteiger partial charge in [-0.05, 0) is 12.5 Å². The summed E-state index contributed by atoms with van der Waals surface area (Å²) >= 11 is 5.90. The lowest BCUT2D eigenvalue weighted by Crippen LogP contribution is -2.49. The summed E-state index contributed by atoms with van der Waals surface area (Å²) < 4.78 is 5.50. The van der Waals surface area contributed by atoms with Gasteiger partial charge in [0, 0.05) is 45.1 Å². The third-order valence-corrected chi connectivity index (χ3v) is 4.83. The van der Waals surface area contributed by atoms with E-state index in [2.05, 4.69) is 10.3 Å². The molecule has 0 saturated carbocycles. The number of ether oxygens (including phenoxy) is 1. The van der Waals surface area contributed by atoms with Crippen LogP contribution in [0.1, 0.15) is 16.8 Å². The summed E-state index contributed by atoms with van der Waals surface area (Å²) in [5.74, 6) is -0.134. The third kappa shape index (κ3) is 2.46. The summed E-state index contributed by atoms with van der Waals surface area (Å²) in [7, 11) is 1.63. The van der Waals surface area contributed by atoms with Crippen LogP contribution in [0.5, 0.6) is 0 Å². The lowest BCUT2D eigenvalue weighted by atomic mass is 9.73. The van der Waals surface area contributed by atoms with Crippen LogP contribution < -0.4 is 5.32 Å². The highest BCUT2D eigenvalue weighted by molar-refractivity contribution is 6.30. The van der Waals surface area contributed by atoms with E-state index in [4.69, 9.17) is 16.3 Å². The molecule has 0 unspecified atom stereocenters. The number of rotatable bonds is 2. The maximum atomic E-state index is 12.7. The van der Waals surface area contributed by atoms with E-state index in [0.29, 0.717) is 43.3 Å². The van der Waals surface area contributed by atoms with Gasteiger partial charge in [-0.2, -0.15) is 0 Å². The molecule has 1 aromatic heterocycles. The van der Waals surface area contributed by atoms with Gasteiger partial charge in [0.25, 0.3) is 5.91 Å². The zero-order valence-corrected chi connectivity index (χ0v) is 13.1. The van der Waals surface area contributed by atoms with Crippen LogP contribution in [0.25, 0.3) is 0 Å². The Morgan fingerprint density at radius 1 is 1.50 bits per heavy atom. The first-order valence-corrected chi connectivity index (χ1v) is 7.64. The maximum Gasteiger partial charge on any atom is 0.255 e. The van der Waals surface area contributed by atoms with Crippen LogP contribution in [0.4, 0.5) is 0 Å². The minimum absolute atomic E-state index is 0.0136. The molecule has 0 radical (unpaired) electrons. The molecule has 0 bridgehead atoms. The Morgan fingerprint density at radius 3 is 3.05 bits per heavy atom. The monoisotopic (exact) mass is 323 g/mol. The van der Waals surface area contributed by atoms with Gasteiger partial charge in [0.2, 0.25) is 5.91 Å². The molecule has 2 fully saturated rings. The number of hydrogen-bond donors (Lipinski definition) is 1. The maximum absolute atomic E-state index is 12.7. The lowest BCUT2D eigenvalue weighted by molar-refractivity contribution is -0.138. The highest BCUT2D eigenvalue weighted by Gasteiger charge is 2.54. The molecule has 1 N–H and O–H groups in total. The summed E-state index contributed by atoms with van der Waals surface area (Å²) in [6.07, 6.45) is 3.62. The first-order valence-electron chi connectivity index (χ1n) is 7.26. The van der Waals surface area contributed by atoms with Crippen molar-refractivity contribution in [3.63, 3.8) is 0 Å². The van der Waals surface area contributed by atoms with Gasteiger partial charge in [0.1, 0.15) is 0 Å². The zero-order chi connectivity index (χ0) is 15.7. The number of aromatic nitrogens is 1. The molecule has 2 atom stereocenters. The van der Waals surface area contributed by atoms with Crippen molar-refractivity contribution in [1.82, 2.24) is 15.2 Å². The highest BCUT2D eigenvalue weighted by atomic mass is 35.5. The second-order valence-corrected chi connectivity index (χ2v) is 6.27. The van der Waals surface area contributed by atoms with Gasteiger partial charge >= 0.3 is 0 Å². The Morgan fingerprint density at radius 2 is 2.32 bits per heavy atom. The number of nitrogens with zero attached hydrogens (tertiary/aromatic N) is 2. The highest BCUT2D eigenvalue weighted by Crippen LogP contribution is 2.42. The Balaban J connectivity index is 1.85. The van der Waals surface area contributed by atoms with E-state index in [9.17, 15) is 9.59 Å². The second kappa shape index (κ2) is 5.85. The topological polar surface area (TPSA) is 71.5 Å². The molecule has 1 aromatic rings. The van der Waals surface area contributed by atoms with Crippen molar-refractivity contribution in [2.45, 2.75) is 6.42 Å². The Hall–Kier alpha value is -1.66. The van der Waals surface area contributed by atoms with Crippen molar-refractivity contribution in [3.05, 3.63) is 29.0 Å². The van der Waals surface area contributed by atoms with E-state index in [1.165, 1.54) is 12.4 Å². The molecule has 2 aliphatic rings. The van der Waals surface area contributed by atoms with Gasteiger partial charge in [-0.15, -0.1) is 0 Å². The van der Waals surface area contributed by atoms with Crippen LogP contribution in [0.3, 0.4) is 0 Å². The van der Waals surface area contributed by atoms with Crippen LogP contribution in [-0.2, 0) is 9.53 Å². The molecule has 7 heteroatoms. The van der Waals surface area contributed by atoms with Crippen LogP contribution in [-0.4, -0.2) is 55.0 Å². The standard InChI is InChI=1S/C15H18ClN3O3/c1-17-14(21)15-2-3-22-8-11(15)7-19(9-15)13(20)10-4-12(16)6-18-5-10/h4-6,11H,2-3,7-9H2,1H3,(H,17,21)/t11-,15+/m1/s1. The Labute approximate surface area is 133 Å². The predicted molar refractivity (Wildman–Crippen MR) is 80.6 cm³/mol. The van der Waals surface area contributed by atoms with Gasteiger partial charge in [-0.1, -0.05) is 11.6 Å². The summed E-state index contributed by atoms with van der Waals surface area (Å²) in [6.45, 7) is 1.97. The first-order chi connectivity index (χ1) is 10.6. The average molecular weight is 324 g/mol. The summed E-state index contributed by atoms with van der Waals surface area (Å²) in [5.41, 5.74) is -0.103. The van der Waals surface area contributed by atoms with E-state index in [0.717, 1.165) is 0 Å². The van der Waals surface area contributed by atoms with Crippen molar-refractivity contribution >= 4 is 23.4 Å². The zero-order valence-electron chi connectivity index (χ0n) is 12.3. The second-order valence-electron chi connectivity index (χ2n) is 5.83. The predicted octanol–water partition coefficient (Wildman–Crippen LogP) is 0.960. The van der Waals surface area contributed by atoms with Crippen LogP contribution in [0.2, 0.25) is 5.02 Å². The molecule has 0 spiro atoms. The Kier molecular flexibility index (Phi) is 4.06. The minimum Gasteiger partial charge on any atom is -0.381 e. The molecule has 0 aromatic carbocycles. The molecule has 6 nitrogen and oxygen atoms in total. The van der Waals surface area contributed by atoms with Crippen LogP contribution in [0.15, 0.2) is 18.5 Å². The molecule has 22 heavy (non-hydrogen) atoms. The van der Waals surface area contributed by atoms with Crippen molar-refractivity contribution in [2.75, 3.05) is 33.4 Å².